The molecule has 20 heavy (non-hydrogen) atoms. The van der Waals surface area contributed by atoms with E-state index >= 15 is 0 Å². The molecular formula is C13H13F3O4. The van der Waals surface area contributed by atoms with Crippen LogP contribution in [0.15, 0.2) is 18.2 Å². The summed E-state index contributed by atoms with van der Waals surface area (Å²) in [6.07, 6.45) is -4.90. The van der Waals surface area contributed by atoms with Crippen molar-refractivity contribution in [2.45, 2.75) is 25.1 Å². The summed E-state index contributed by atoms with van der Waals surface area (Å²) in [5.74, 6) is -1.21. The summed E-state index contributed by atoms with van der Waals surface area (Å²) in [5, 5.41) is 8.76. The minimum absolute atomic E-state index is 0.0704. The minimum Gasteiger partial charge on any atom is -0.490 e. The van der Waals surface area contributed by atoms with Gasteiger partial charge in [0.1, 0.15) is 18.0 Å². The molecule has 0 saturated carbocycles. The molecule has 2 rings (SSSR count). The van der Waals surface area contributed by atoms with E-state index in [1.165, 1.54) is 0 Å². The Morgan fingerprint density at radius 2 is 2.15 bits per heavy atom. The molecule has 110 valence electrons. The van der Waals surface area contributed by atoms with Gasteiger partial charge in [0, 0.05) is 5.56 Å². The highest BCUT2D eigenvalue weighted by molar-refractivity contribution is 5.71. The number of halogens is 3. The fraction of sp³-hybridized carbons (Fsp3) is 0.462. The van der Waals surface area contributed by atoms with Gasteiger partial charge in [0.25, 0.3) is 0 Å². The Balaban J connectivity index is 2.24. The Morgan fingerprint density at radius 3 is 2.65 bits per heavy atom. The number of hydrogen-bond acceptors (Lipinski definition) is 3. The number of epoxide rings is 1. The van der Waals surface area contributed by atoms with Crippen LogP contribution < -0.4 is 4.74 Å². The molecule has 1 aromatic carbocycles. The van der Waals surface area contributed by atoms with Crippen LogP contribution in [0.25, 0.3) is 0 Å². The zero-order valence-electron chi connectivity index (χ0n) is 10.7. The average molecular weight is 290 g/mol. The van der Waals surface area contributed by atoms with E-state index in [-0.39, 0.29) is 17.9 Å². The van der Waals surface area contributed by atoms with Crippen molar-refractivity contribution < 1.29 is 32.5 Å². The van der Waals surface area contributed by atoms with E-state index in [4.69, 9.17) is 14.6 Å². The first-order valence-corrected chi connectivity index (χ1v) is 5.88. The van der Waals surface area contributed by atoms with Crippen LogP contribution in [0.1, 0.15) is 18.1 Å². The second-order valence-electron chi connectivity index (χ2n) is 4.92. The molecular weight excluding hydrogens is 277 g/mol. The van der Waals surface area contributed by atoms with E-state index in [0.717, 1.165) is 18.2 Å². The molecule has 0 amide bonds. The van der Waals surface area contributed by atoms with Crippen LogP contribution >= 0.6 is 0 Å². The van der Waals surface area contributed by atoms with Crippen LogP contribution in [0.4, 0.5) is 13.2 Å². The summed E-state index contributed by atoms with van der Waals surface area (Å²) in [6, 6.07) is 2.80. The van der Waals surface area contributed by atoms with Crippen molar-refractivity contribution in [3.05, 3.63) is 29.3 Å². The molecule has 0 aliphatic carbocycles. The Morgan fingerprint density at radius 1 is 1.50 bits per heavy atom. The molecule has 1 aromatic rings. The topological polar surface area (TPSA) is 59.1 Å². The summed E-state index contributed by atoms with van der Waals surface area (Å²) in [5.41, 5.74) is -1.16. The molecule has 1 aliphatic rings. The van der Waals surface area contributed by atoms with E-state index < -0.39 is 29.7 Å². The summed E-state index contributed by atoms with van der Waals surface area (Å²) in [6.45, 7) is 2.32. The number of ether oxygens (including phenoxy) is 2. The monoisotopic (exact) mass is 290 g/mol. The Labute approximate surface area is 113 Å². The highest BCUT2D eigenvalue weighted by atomic mass is 19.4. The van der Waals surface area contributed by atoms with Crippen LogP contribution in [0, 0.1) is 0 Å². The Kier molecular flexibility index (Phi) is 3.64. The molecule has 1 N–H and O–H groups in total. The van der Waals surface area contributed by atoms with Crippen molar-refractivity contribution in [3.8, 4) is 5.75 Å². The minimum atomic E-state index is -4.50. The summed E-state index contributed by atoms with van der Waals surface area (Å²) in [7, 11) is 0. The van der Waals surface area contributed by atoms with Gasteiger partial charge in [-0.1, -0.05) is 6.07 Å². The fourth-order valence-corrected chi connectivity index (χ4v) is 1.61. The lowest BCUT2D eigenvalue weighted by Crippen LogP contribution is -2.18. The molecule has 1 saturated heterocycles. The van der Waals surface area contributed by atoms with Gasteiger partial charge in [-0.05, 0) is 19.1 Å². The van der Waals surface area contributed by atoms with Crippen LogP contribution in [0.5, 0.6) is 5.75 Å². The van der Waals surface area contributed by atoms with E-state index in [1.807, 2.05) is 0 Å². The number of aliphatic carboxylic acids is 1. The predicted octanol–water partition coefficient (Wildman–Crippen LogP) is 2.50. The smallest absolute Gasteiger partial charge is 0.416 e. The van der Waals surface area contributed by atoms with Crippen LogP contribution in [-0.2, 0) is 22.1 Å². The summed E-state index contributed by atoms with van der Waals surface area (Å²) >= 11 is 0. The molecule has 7 heteroatoms. The Bertz CT molecular complexity index is 521. The third kappa shape index (κ3) is 3.63. The van der Waals surface area contributed by atoms with E-state index in [1.54, 1.807) is 6.92 Å². The number of carbonyl (C=O) groups is 1. The molecule has 0 spiro atoms. The predicted molar refractivity (Wildman–Crippen MR) is 62.6 cm³/mol. The Hall–Kier alpha value is -1.76. The zero-order valence-corrected chi connectivity index (χ0v) is 10.7. The van der Waals surface area contributed by atoms with Crippen molar-refractivity contribution in [1.82, 2.24) is 0 Å². The summed E-state index contributed by atoms with van der Waals surface area (Å²) in [4.78, 5) is 10.7. The number of rotatable bonds is 5. The lowest BCUT2D eigenvalue weighted by Gasteiger charge is -2.15. The number of benzene rings is 1. The maximum Gasteiger partial charge on any atom is 0.416 e. The first-order valence-electron chi connectivity index (χ1n) is 5.88. The third-order valence-electron chi connectivity index (χ3n) is 2.91. The lowest BCUT2D eigenvalue weighted by atomic mass is 10.1. The van der Waals surface area contributed by atoms with Crippen LogP contribution in [0.2, 0.25) is 0 Å². The van der Waals surface area contributed by atoms with Crippen molar-refractivity contribution in [1.29, 1.82) is 0 Å². The molecule has 1 aliphatic heterocycles. The van der Waals surface area contributed by atoms with Crippen LogP contribution in [0.3, 0.4) is 0 Å². The number of alkyl halides is 3. The van der Waals surface area contributed by atoms with Gasteiger partial charge in [0.15, 0.2) is 0 Å². The first-order chi connectivity index (χ1) is 9.20. The number of carboxylic acids is 1. The molecule has 0 radical (unpaired) electrons. The van der Waals surface area contributed by atoms with Crippen LogP contribution in [-0.4, -0.2) is 29.9 Å². The highest BCUT2D eigenvalue weighted by Gasteiger charge is 2.40. The maximum absolute atomic E-state index is 12.7. The largest absolute Gasteiger partial charge is 0.490 e. The molecule has 0 aromatic heterocycles. The molecule has 1 heterocycles. The van der Waals surface area contributed by atoms with Gasteiger partial charge >= 0.3 is 12.1 Å². The van der Waals surface area contributed by atoms with Crippen molar-refractivity contribution in [2.75, 3.05) is 13.2 Å². The number of carboxylic acid groups (broad SMARTS) is 1. The van der Waals surface area contributed by atoms with Gasteiger partial charge in [-0.2, -0.15) is 13.2 Å². The zero-order chi connectivity index (χ0) is 15.0. The second kappa shape index (κ2) is 4.97. The SMILES string of the molecule is C[C@]1(COc2cc(C(F)(F)F)ccc2CC(=O)O)CO1. The maximum atomic E-state index is 12.7. The highest BCUT2D eigenvalue weighted by Crippen LogP contribution is 2.34. The molecule has 1 fully saturated rings. The van der Waals surface area contributed by atoms with Crippen molar-refractivity contribution >= 4 is 5.97 Å². The second-order valence-corrected chi connectivity index (χ2v) is 4.92. The van der Waals surface area contributed by atoms with Gasteiger partial charge in [-0.25, -0.2) is 0 Å². The molecule has 0 unspecified atom stereocenters. The van der Waals surface area contributed by atoms with E-state index in [0.29, 0.717) is 6.61 Å². The van der Waals surface area contributed by atoms with Gasteiger partial charge in [-0.15, -0.1) is 0 Å². The molecule has 1 atom stereocenters. The normalized spacial score (nSPS) is 21.6. The standard InChI is InChI=1S/C13H13F3O4/c1-12(7-20-12)6-19-10-5-9(13(14,15)16)3-2-8(10)4-11(17)18/h2-3,5H,4,6-7H2,1H3,(H,17,18)/t12-/m0/s1. The fourth-order valence-electron chi connectivity index (χ4n) is 1.61. The first kappa shape index (κ1) is 14.6. The molecule has 4 nitrogen and oxygen atoms in total. The van der Waals surface area contributed by atoms with E-state index in [2.05, 4.69) is 0 Å². The third-order valence-corrected chi connectivity index (χ3v) is 2.91. The van der Waals surface area contributed by atoms with Gasteiger partial charge in [0.05, 0.1) is 18.6 Å². The van der Waals surface area contributed by atoms with Crippen molar-refractivity contribution in [3.63, 3.8) is 0 Å². The van der Waals surface area contributed by atoms with E-state index in [9.17, 15) is 18.0 Å². The number of hydrogen-bond donors (Lipinski definition) is 1. The summed E-state index contributed by atoms with van der Waals surface area (Å²) < 4.78 is 48.3. The lowest BCUT2D eigenvalue weighted by molar-refractivity contribution is -0.137. The average Bonchev–Trinajstić information content (AvgIpc) is 3.04. The van der Waals surface area contributed by atoms with Crippen molar-refractivity contribution in [2.24, 2.45) is 0 Å². The van der Waals surface area contributed by atoms with Gasteiger partial charge in [-0.3, -0.25) is 4.79 Å². The van der Waals surface area contributed by atoms with Gasteiger partial charge in [0.2, 0.25) is 0 Å². The molecule has 0 bridgehead atoms. The quantitative estimate of drug-likeness (QED) is 0.846. The van der Waals surface area contributed by atoms with Gasteiger partial charge < -0.3 is 14.6 Å².